The van der Waals surface area contributed by atoms with Gasteiger partial charge in [-0.25, -0.2) is 0 Å². The molecule has 0 bridgehead atoms. The molecule has 10 heteroatoms. The van der Waals surface area contributed by atoms with E-state index in [0.717, 1.165) is 34.7 Å². The van der Waals surface area contributed by atoms with Crippen LogP contribution in [0.5, 0.6) is 11.5 Å². The van der Waals surface area contributed by atoms with Gasteiger partial charge in [0.2, 0.25) is 18.3 Å². The van der Waals surface area contributed by atoms with Crippen molar-refractivity contribution in [3.05, 3.63) is 88.9 Å². The lowest BCUT2D eigenvalue weighted by atomic mass is 10.2. The number of methoxy groups -OCH3 is 2. The van der Waals surface area contributed by atoms with Crippen molar-refractivity contribution in [1.82, 2.24) is 10.2 Å². The van der Waals surface area contributed by atoms with Gasteiger partial charge in [0, 0.05) is 38.5 Å². The molecule has 0 atom stereocenters. The van der Waals surface area contributed by atoms with Gasteiger partial charge in [0.1, 0.15) is 11.5 Å². The molecule has 0 saturated heterocycles. The van der Waals surface area contributed by atoms with E-state index in [9.17, 15) is 4.79 Å². The van der Waals surface area contributed by atoms with Gasteiger partial charge in [0.25, 0.3) is 0 Å². The number of nitrogens with zero attached hydrogens (tertiary/aromatic N) is 3. The zero-order valence-electron chi connectivity index (χ0n) is 23.8. The summed E-state index contributed by atoms with van der Waals surface area (Å²) in [6, 6.07) is 22.5. The molecule has 0 aliphatic heterocycles. The van der Waals surface area contributed by atoms with Gasteiger partial charge in [-0.1, -0.05) is 35.9 Å². The summed E-state index contributed by atoms with van der Waals surface area (Å²) in [5.74, 6) is 2.21. The minimum atomic E-state index is 0.0703. The number of rotatable bonds is 9. The number of hydrogen-bond acceptors (Lipinski definition) is 5. The second kappa shape index (κ2) is 17.5. The monoisotopic (exact) mass is 567 g/mol. The minimum absolute atomic E-state index is 0.0703. The van der Waals surface area contributed by atoms with Crippen molar-refractivity contribution >= 4 is 35.6 Å². The van der Waals surface area contributed by atoms with Gasteiger partial charge >= 0.3 is 0 Å². The minimum Gasteiger partial charge on any atom is -0.497 e. The summed E-state index contributed by atoms with van der Waals surface area (Å²) in [6.07, 6.45) is 0.800. The highest BCUT2D eigenvalue weighted by atomic mass is 35.5. The van der Waals surface area contributed by atoms with Crippen molar-refractivity contribution in [2.45, 2.75) is 33.0 Å². The lowest BCUT2D eigenvalue weighted by Gasteiger charge is -2.22. The first-order valence-electron chi connectivity index (χ1n) is 12.6. The second-order valence-corrected chi connectivity index (χ2v) is 9.20. The fraction of sp³-hybridized carbons (Fsp3) is 0.300. The third-order valence-electron chi connectivity index (χ3n) is 5.18. The van der Waals surface area contributed by atoms with Gasteiger partial charge in [-0.15, -0.1) is 0 Å². The van der Waals surface area contributed by atoms with E-state index in [0.29, 0.717) is 23.5 Å². The fourth-order valence-corrected chi connectivity index (χ4v) is 3.45. The number of ether oxygens (including phenoxy) is 3. The molecule has 3 aromatic carbocycles. The van der Waals surface area contributed by atoms with E-state index < -0.39 is 0 Å². The Balaban J connectivity index is 0.00000178. The Morgan fingerprint density at radius 1 is 0.925 bits per heavy atom. The molecule has 214 valence electrons. The van der Waals surface area contributed by atoms with Crippen LogP contribution in [0.15, 0.2) is 82.8 Å². The molecule has 0 aliphatic carbocycles. The molecule has 0 heterocycles. The molecular formula is C30H38ClN5O4. The Hall–Kier alpha value is -4.08. The van der Waals surface area contributed by atoms with E-state index >= 15 is 0 Å². The van der Waals surface area contributed by atoms with Crippen molar-refractivity contribution in [2.75, 3.05) is 33.7 Å². The number of anilines is 1. The van der Waals surface area contributed by atoms with Crippen LogP contribution >= 0.6 is 11.6 Å². The highest BCUT2D eigenvalue weighted by Crippen LogP contribution is 2.18. The van der Waals surface area contributed by atoms with Gasteiger partial charge in [-0.3, -0.25) is 14.7 Å². The summed E-state index contributed by atoms with van der Waals surface area (Å²) in [5.41, 5.74) is 2.66. The highest BCUT2D eigenvalue weighted by molar-refractivity contribution is 6.30. The topological polar surface area (TPSA) is 96.8 Å². The first-order valence-corrected chi connectivity index (χ1v) is 13.0. The van der Waals surface area contributed by atoms with Gasteiger partial charge in [0.05, 0.1) is 19.8 Å². The molecule has 3 aromatic rings. The Morgan fingerprint density at radius 2 is 1.50 bits per heavy atom. The summed E-state index contributed by atoms with van der Waals surface area (Å²) in [6.45, 7) is 4.73. The van der Waals surface area contributed by atoms with Crippen LogP contribution in [0.3, 0.4) is 0 Å². The number of halogens is 1. The number of amides is 1. The molecular weight excluding hydrogens is 530 g/mol. The Kier molecular flexibility index (Phi) is 14.1. The largest absolute Gasteiger partial charge is 0.497 e. The molecule has 0 radical (unpaired) electrons. The summed E-state index contributed by atoms with van der Waals surface area (Å²) >= 11 is 6.03. The second-order valence-electron chi connectivity index (χ2n) is 8.77. The zero-order valence-corrected chi connectivity index (χ0v) is 24.6. The average Bonchev–Trinajstić information content (AvgIpc) is 2.96. The summed E-state index contributed by atoms with van der Waals surface area (Å²) in [4.78, 5) is 22.6. The van der Waals surface area contributed by atoms with Crippen LogP contribution in [-0.4, -0.2) is 57.7 Å². The third-order valence-corrected chi connectivity index (χ3v) is 5.43. The molecule has 9 nitrogen and oxygen atoms in total. The first kappa shape index (κ1) is 32.1. The SMILES string of the molecule is CN=C(/N=C(/Nc1ccc(OC(C)C)cc1)N(C=O)Cc1ccc(Cl)cc1)NCc1ccc(OC)cc1.COC. The van der Waals surface area contributed by atoms with Crippen molar-refractivity contribution in [3.63, 3.8) is 0 Å². The summed E-state index contributed by atoms with van der Waals surface area (Å²) in [5, 5.41) is 7.09. The number of guanidine groups is 2. The quantitative estimate of drug-likeness (QED) is 0.198. The van der Waals surface area contributed by atoms with E-state index in [1.54, 1.807) is 40.5 Å². The molecule has 0 saturated carbocycles. The maximum absolute atomic E-state index is 12.2. The van der Waals surface area contributed by atoms with Crippen LogP contribution < -0.4 is 20.1 Å². The molecule has 3 rings (SSSR count). The van der Waals surface area contributed by atoms with E-state index in [4.69, 9.17) is 21.1 Å². The van der Waals surface area contributed by atoms with Gasteiger partial charge < -0.3 is 24.8 Å². The van der Waals surface area contributed by atoms with Crippen molar-refractivity contribution in [3.8, 4) is 11.5 Å². The Labute approximate surface area is 241 Å². The van der Waals surface area contributed by atoms with Crippen LogP contribution in [0.25, 0.3) is 0 Å². The first-order chi connectivity index (χ1) is 19.3. The predicted octanol–water partition coefficient (Wildman–Crippen LogP) is 5.60. The molecule has 0 aromatic heterocycles. The van der Waals surface area contributed by atoms with Crippen LogP contribution in [0.2, 0.25) is 5.02 Å². The molecule has 0 aliphatic rings. The van der Waals surface area contributed by atoms with Crippen molar-refractivity contribution in [1.29, 1.82) is 0 Å². The van der Waals surface area contributed by atoms with Crippen LogP contribution in [0.1, 0.15) is 25.0 Å². The Morgan fingerprint density at radius 3 is 2.02 bits per heavy atom. The highest BCUT2D eigenvalue weighted by Gasteiger charge is 2.14. The number of carbonyl (C=O) groups is 1. The maximum atomic E-state index is 12.2. The standard InChI is InChI=1S/C28H32ClN5O3.C2H6O/c1-20(2)37-26-15-11-24(12-16-26)32-28(34(19-35)18-22-5-9-23(29)10-6-22)33-27(30-3)31-17-21-7-13-25(36-4)14-8-21;1-3-2/h5-16,19-20H,17-18H2,1-4H3,(H2,30,31,32,33);1-2H3. The van der Waals surface area contributed by atoms with E-state index in [1.165, 1.54) is 4.90 Å². The summed E-state index contributed by atoms with van der Waals surface area (Å²) in [7, 11) is 6.52. The number of aliphatic imine (C=N–C) groups is 2. The smallest absolute Gasteiger partial charge is 0.221 e. The van der Waals surface area contributed by atoms with E-state index in [1.807, 2.05) is 74.5 Å². The van der Waals surface area contributed by atoms with Crippen molar-refractivity contribution < 1.29 is 19.0 Å². The molecule has 2 N–H and O–H groups in total. The van der Waals surface area contributed by atoms with Gasteiger partial charge in [0.15, 0.2) is 0 Å². The number of nitrogens with one attached hydrogen (secondary N) is 2. The van der Waals surface area contributed by atoms with Gasteiger partial charge in [-0.05, 0) is 73.5 Å². The fourth-order valence-electron chi connectivity index (χ4n) is 3.32. The van der Waals surface area contributed by atoms with Crippen LogP contribution in [-0.2, 0) is 22.6 Å². The summed E-state index contributed by atoms with van der Waals surface area (Å²) < 4.78 is 15.2. The lowest BCUT2D eigenvalue weighted by Crippen LogP contribution is -2.37. The molecule has 1 amide bonds. The molecule has 0 fully saturated rings. The lowest BCUT2D eigenvalue weighted by molar-refractivity contribution is -0.115. The van der Waals surface area contributed by atoms with E-state index in [-0.39, 0.29) is 12.6 Å². The van der Waals surface area contributed by atoms with Crippen LogP contribution in [0.4, 0.5) is 5.69 Å². The predicted molar refractivity (Wildman–Crippen MR) is 162 cm³/mol. The zero-order chi connectivity index (χ0) is 29.3. The normalized spacial score (nSPS) is 11.3. The van der Waals surface area contributed by atoms with Crippen LogP contribution in [0, 0.1) is 0 Å². The van der Waals surface area contributed by atoms with Gasteiger partial charge in [-0.2, -0.15) is 4.99 Å². The maximum Gasteiger partial charge on any atom is 0.221 e. The number of hydrogen-bond donors (Lipinski definition) is 2. The molecule has 0 spiro atoms. The molecule has 40 heavy (non-hydrogen) atoms. The third kappa shape index (κ3) is 11.3. The number of carbonyl (C=O) groups excluding carboxylic acids is 1. The Bertz CT molecular complexity index is 1210. The number of benzene rings is 3. The average molecular weight is 568 g/mol. The van der Waals surface area contributed by atoms with E-state index in [2.05, 4.69) is 25.4 Å². The molecule has 0 unspecified atom stereocenters. The van der Waals surface area contributed by atoms with Crippen molar-refractivity contribution in [2.24, 2.45) is 9.98 Å².